The molecule has 10 aromatic rings. The first-order valence-corrected chi connectivity index (χ1v) is 18.8. The van der Waals surface area contributed by atoms with Crippen molar-refractivity contribution in [3.8, 4) is 84.7 Å². The summed E-state index contributed by atoms with van der Waals surface area (Å²) in [6.07, 6.45) is 0. The predicted octanol–water partition coefficient (Wildman–Crippen LogP) is 13.3. The van der Waals surface area contributed by atoms with Gasteiger partial charge in [0.2, 0.25) is 0 Å². The Morgan fingerprint density at radius 3 is 1.58 bits per heavy atom. The Balaban J connectivity index is 1.09. The summed E-state index contributed by atoms with van der Waals surface area (Å²) >= 11 is 0. The third-order valence-electron chi connectivity index (χ3n) is 10.4. The highest BCUT2D eigenvalue weighted by Gasteiger charge is 2.18. The number of nitrogens with zero attached hydrogens (tertiary/aromatic N) is 4. The van der Waals surface area contributed by atoms with Crippen molar-refractivity contribution in [3.63, 3.8) is 0 Å². The van der Waals surface area contributed by atoms with Crippen LogP contribution in [0.5, 0.6) is 0 Å². The summed E-state index contributed by atoms with van der Waals surface area (Å²) in [5.41, 5.74) is 13.4. The Morgan fingerprint density at radius 2 is 0.877 bits per heavy atom. The fraction of sp³-hybridized carbons (Fsp3) is 0. The van der Waals surface area contributed by atoms with Crippen molar-refractivity contribution in [2.45, 2.75) is 0 Å². The number of furan rings is 1. The van der Waals surface area contributed by atoms with Crippen molar-refractivity contribution in [2.75, 3.05) is 0 Å². The van der Waals surface area contributed by atoms with Gasteiger partial charge < -0.3 is 4.42 Å². The molecular weight excluding hydrogens is 697 g/mol. The quantitative estimate of drug-likeness (QED) is 0.163. The fourth-order valence-electron chi connectivity index (χ4n) is 7.58. The van der Waals surface area contributed by atoms with Gasteiger partial charge in [-0.1, -0.05) is 158 Å². The van der Waals surface area contributed by atoms with E-state index in [4.69, 9.17) is 19.4 Å². The number of benzene rings is 8. The van der Waals surface area contributed by atoms with Crippen LogP contribution in [0, 0.1) is 11.3 Å². The number of aromatic nitrogens is 3. The van der Waals surface area contributed by atoms with E-state index in [9.17, 15) is 5.26 Å². The average molecular weight is 729 g/mol. The van der Waals surface area contributed by atoms with Crippen LogP contribution in [0.4, 0.5) is 0 Å². The van der Waals surface area contributed by atoms with E-state index in [1.165, 1.54) is 11.1 Å². The number of nitriles is 1. The van der Waals surface area contributed by atoms with E-state index < -0.39 is 0 Å². The lowest BCUT2D eigenvalue weighted by Crippen LogP contribution is -2.00. The third kappa shape index (κ3) is 6.42. The molecule has 0 aliphatic rings. The molecule has 0 saturated carbocycles. The molecule has 10 rings (SSSR count). The van der Waals surface area contributed by atoms with Gasteiger partial charge in [0, 0.05) is 27.5 Å². The molecular formula is C52H32N4O. The second kappa shape index (κ2) is 14.4. The first kappa shape index (κ1) is 33.6. The summed E-state index contributed by atoms with van der Waals surface area (Å²) in [6.45, 7) is 0. The van der Waals surface area contributed by atoms with Crippen LogP contribution in [0.2, 0.25) is 0 Å². The van der Waals surface area contributed by atoms with E-state index in [-0.39, 0.29) is 0 Å². The van der Waals surface area contributed by atoms with Crippen LogP contribution >= 0.6 is 0 Å². The predicted molar refractivity (Wildman–Crippen MR) is 230 cm³/mol. The Labute approximate surface area is 329 Å². The molecule has 2 aromatic heterocycles. The minimum atomic E-state index is 0.546. The highest BCUT2D eigenvalue weighted by molar-refractivity contribution is 6.13. The highest BCUT2D eigenvalue weighted by Crippen LogP contribution is 2.40. The number of hydrogen-bond acceptors (Lipinski definition) is 5. The van der Waals surface area contributed by atoms with Crippen LogP contribution < -0.4 is 0 Å². The van der Waals surface area contributed by atoms with Crippen LogP contribution in [-0.2, 0) is 0 Å². The van der Waals surface area contributed by atoms with Gasteiger partial charge in [0.25, 0.3) is 0 Å². The molecule has 0 bridgehead atoms. The minimum Gasteiger partial charge on any atom is -0.456 e. The second-order valence-corrected chi connectivity index (χ2v) is 13.9. The summed E-state index contributed by atoms with van der Waals surface area (Å²) in [7, 11) is 0. The number of hydrogen-bond donors (Lipinski definition) is 0. The van der Waals surface area contributed by atoms with E-state index >= 15 is 0 Å². The molecule has 57 heavy (non-hydrogen) atoms. The van der Waals surface area contributed by atoms with Crippen molar-refractivity contribution in [2.24, 2.45) is 0 Å². The molecule has 5 nitrogen and oxygen atoms in total. The normalized spacial score (nSPS) is 11.1. The second-order valence-electron chi connectivity index (χ2n) is 13.9. The zero-order valence-corrected chi connectivity index (χ0v) is 30.7. The molecule has 5 heteroatoms. The van der Waals surface area contributed by atoms with Crippen molar-refractivity contribution < 1.29 is 4.42 Å². The first-order chi connectivity index (χ1) is 28.2. The highest BCUT2D eigenvalue weighted by atomic mass is 16.3. The summed E-state index contributed by atoms with van der Waals surface area (Å²) in [5, 5.41) is 11.7. The first-order valence-electron chi connectivity index (χ1n) is 18.8. The van der Waals surface area contributed by atoms with Gasteiger partial charge >= 0.3 is 0 Å². The van der Waals surface area contributed by atoms with Gasteiger partial charge in [0.1, 0.15) is 11.2 Å². The van der Waals surface area contributed by atoms with E-state index in [0.717, 1.165) is 72.0 Å². The van der Waals surface area contributed by atoms with Crippen molar-refractivity contribution in [1.29, 1.82) is 5.26 Å². The van der Waals surface area contributed by atoms with Crippen LogP contribution in [-0.4, -0.2) is 15.0 Å². The van der Waals surface area contributed by atoms with Crippen LogP contribution in [0.3, 0.4) is 0 Å². The number of fused-ring (bicyclic) bond motifs is 3. The molecule has 0 spiro atoms. The molecule has 0 aliphatic carbocycles. The zero-order valence-electron chi connectivity index (χ0n) is 30.7. The Bertz CT molecular complexity index is 3110. The van der Waals surface area contributed by atoms with Crippen molar-refractivity contribution >= 4 is 21.9 Å². The minimum absolute atomic E-state index is 0.546. The van der Waals surface area contributed by atoms with E-state index in [0.29, 0.717) is 23.0 Å². The van der Waals surface area contributed by atoms with Crippen LogP contribution in [0.25, 0.3) is 101 Å². The van der Waals surface area contributed by atoms with Crippen molar-refractivity contribution in [1.82, 2.24) is 15.0 Å². The Kier molecular flexibility index (Phi) is 8.48. The molecule has 266 valence electrons. The lowest BCUT2D eigenvalue weighted by atomic mass is 9.92. The van der Waals surface area contributed by atoms with Gasteiger partial charge in [-0.15, -0.1) is 0 Å². The van der Waals surface area contributed by atoms with E-state index in [1.807, 2.05) is 103 Å². The SMILES string of the molecule is N#Cc1cccc(-c2ccc(-c3nc(-c4ccccc4)nc(-c4ccc5c(c4)oc4cccc(-c6ccc(-c7ccccc7)cc6)c45)n3)cc2-c2ccccc2)c1. The molecule has 2 heterocycles. The lowest BCUT2D eigenvalue weighted by Gasteiger charge is -2.14. The fourth-order valence-corrected chi connectivity index (χ4v) is 7.58. The maximum atomic E-state index is 9.65. The summed E-state index contributed by atoms with van der Waals surface area (Å²) in [5.74, 6) is 1.68. The van der Waals surface area contributed by atoms with Crippen molar-refractivity contribution in [3.05, 3.63) is 200 Å². The maximum Gasteiger partial charge on any atom is 0.164 e. The number of rotatable bonds is 7. The average Bonchev–Trinajstić information content (AvgIpc) is 3.68. The van der Waals surface area contributed by atoms with Crippen LogP contribution in [0.1, 0.15) is 5.56 Å². The molecule has 0 aliphatic heterocycles. The molecule has 0 fully saturated rings. The Morgan fingerprint density at radius 1 is 0.351 bits per heavy atom. The van der Waals surface area contributed by atoms with Gasteiger partial charge in [-0.05, 0) is 80.9 Å². The summed E-state index contributed by atoms with van der Waals surface area (Å²) in [6, 6.07) is 68.1. The van der Waals surface area contributed by atoms with Gasteiger partial charge in [-0.25, -0.2) is 15.0 Å². The summed E-state index contributed by atoms with van der Waals surface area (Å²) in [4.78, 5) is 15.2. The van der Waals surface area contributed by atoms with E-state index in [2.05, 4.69) is 97.1 Å². The lowest BCUT2D eigenvalue weighted by molar-refractivity contribution is 0.669. The molecule has 0 unspecified atom stereocenters. The molecule has 0 saturated heterocycles. The zero-order chi connectivity index (χ0) is 38.1. The molecule has 0 radical (unpaired) electrons. The Hall–Kier alpha value is -7.94. The molecule has 0 amide bonds. The molecule has 0 N–H and O–H groups in total. The molecule has 8 aromatic carbocycles. The van der Waals surface area contributed by atoms with Gasteiger partial charge in [0.05, 0.1) is 11.6 Å². The summed E-state index contributed by atoms with van der Waals surface area (Å²) < 4.78 is 6.54. The maximum absolute atomic E-state index is 9.65. The largest absolute Gasteiger partial charge is 0.456 e. The third-order valence-corrected chi connectivity index (χ3v) is 10.4. The monoisotopic (exact) mass is 728 g/mol. The van der Waals surface area contributed by atoms with Gasteiger partial charge in [0.15, 0.2) is 17.5 Å². The van der Waals surface area contributed by atoms with Gasteiger partial charge in [-0.2, -0.15) is 5.26 Å². The smallest absolute Gasteiger partial charge is 0.164 e. The van der Waals surface area contributed by atoms with Gasteiger partial charge in [-0.3, -0.25) is 0 Å². The molecule has 0 atom stereocenters. The van der Waals surface area contributed by atoms with E-state index in [1.54, 1.807) is 0 Å². The standard InChI is InChI=1S/C52H32N4O/c53-33-34-12-10-19-40(30-34)43-28-26-41(31-46(43)37-15-6-2-7-16-37)51-54-50(39-17-8-3-9-18-39)55-52(56-51)42-27-29-45-48(32-42)57-47-21-11-20-44(49(45)47)38-24-22-36(23-25-38)35-13-4-1-5-14-35/h1-32H. The van der Waals surface area contributed by atoms with Crippen LogP contribution in [0.15, 0.2) is 199 Å². The topological polar surface area (TPSA) is 75.6 Å².